The number of pyridine rings is 1. The minimum atomic E-state index is 0.589. The summed E-state index contributed by atoms with van der Waals surface area (Å²) in [5.74, 6) is 2.57. The fraction of sp³-hybridized carbons (Fsp3) is 0.619. The zero-order valence-corrected chi connectivity index (χ0v) is 15.5. The molecule has 2 aromatic rings. The van der Waals surface area contributed by atoms with Crippen LogP contribution >= 0.6 is 0 Å². The molecule has 2 aliphatic heterocycles. The first kappa shape index (κ1) is 16.5. The van der Waals surface area contributed by atoms with E-state index in [-0.39, 0.29) is 0 Å². The van der Waals surface area contributed by atoms with Crippen LogP contribution in [0.25, 0.3) is 11.3 Å². The van der Waals surface area contributed by atoms with Crippen molar-refractivity contribution in [1.29, 1.82) is 0 Å². The highest BCUT2D eigenvalue weighted by Gasteiger charge is 2.26. The Bertz CT molecular complexity index is 754. The molecule has 5 nitrogen and oxygen atoms in total. The topological polar surface area (TPSA) is 46.0 Å². The van der Waals surface area contributed by atoms with Crippen molar-refractivity contribution in [1.82, 2.24) is 24.8 Å². The summed E-state index contributed by atoms with van der Waals surface area (Å²) in [6.07, 6.45) is 10.6. The van der Waals surface area contributed by atoms with Crippen LogP contribution < -0.4 is 5.32 Å². The molecule has 2 saturated heterocycles. The Morgan fingerprint density at radius 2 is 1.88 bits per heavy atom. The molecule has 0 aromatic carbocycles. The summed E-state index contributed by atoms with van der Waals surface area (Å²) >= 11 is 0. The van der Waals surface area contributed by atoms with Crippen molar-refractivity contribution in [2.24, 2.45) is 0 Å². The Morgan fingerprint density at radius 3 is 2.62 bits per heavy atom. The molecule has 2 aromatic heterocycles. The van der Waals surface area contributed by atoms with Crippen molar-refractivity contribution in [3.05, 3.63) is 36.0 Å². The lowest BCUT2D eigenvalue weighted by Crippen LogP contribution is -2.39. The molecule has 0 bridgehead atoms. The molecule has 0 spiro atoms. The maximum absolute atomic E-state index is 5.14. The number of hydrogen-bond acceptors (Lipinski definition) is 4. The highest BCUT2D eigenvalue weighted by molar-refractivity contribution is 5.59. The van der Waals surface area contributed by atoms with Crippen LogP contribution in [-0.4, -0.2) is 52.2 Å². The van der Waals surface area contributed by atoms with Gasteiger partial charge in [0.05, 0.1) is 5.69 Å². The number of nitrogens with one attached hydrogen (secondary N) is 1. The lowest BCUT2D eigenvalue weighted by atomic mass is 9.97. The van der Waals surface area contributed by atoms with Gasteiger partial charge in [-0.3, -0.25) is 4.98 Å². The van der Waals surface area contributed by atoms with E-state index >= 15 is 0 Å². The summed E-state index contributed by atoms with van der Waals surface area (Å²) in [6.45, 7) is 6.96. The lowest BCUT2D eigenvalue weighted by molar-refractivity contribution is 0.173. The average molecular weight is 351 g/mol. The van der Waals surface area contributed by atoms with E-state index in [4.69, 9.17) is 4.98 Å². The predicted octanol–water partition coefficient (Wildman–Crippen LogP) is 3.00. The van der Waals surface area contributed by atoms with Crippen LogP contribution in [0.4, 0.5) is 0 Å². The third kappa shape index (κ3) is 3.42. The SMILES string of the molecule is c1cc(-c2cn(CCN3CCC3)c(C3CCNCC3)n2)cc(C2CC2)n1. The maximum Gasteiger partial charge on any atom is 0.112 e. The molecule has 0 amide bonds. The third-order valence-corrected chi connectivity index (χ3v) is 6.19. The smallest absolute Gasteiger partial charge is 0.112 e. The summed E-state index contributed by atoms with van der Waals surface area (Å²) in [7, 11) is 0. The van der Waals surface area contributed by atoms with Crippen LogP contribution in [0.1, 0.15) is 55.5 Å². The quantitative estimate of drug-likeness (QED) is 0.869. The Hall–Kier alpha value is -1.72. The van der Waals surface area contributed by atoms with Crippen LogP contribution in [0.3, 0.4) is 0 Å². The van der Waals surface area contributed by atoms with Gasteiger partial charge in [-0.2, -0.15) is 0 Å². The van der Waals surface area contributed by atoms with Gasteiger partial charge in [0, 0.05) is 48.6 Å². The number of nitrogens with zero attached hydrogens (tertiary/aromatic N) is 4. The highest BCUT2D eigenvalue weighted by atomic mass is 15.2. The number of hydrogen-bond donors (Lipinski definition) is 1. The van der Waals surface area contributed by atoms with Gasteiger partial charge in [0.25, 0.3) is 0 Å². The van der Waals surface area contributed by atoms with Crippen molar-refractivity contribution in [2.75, 3.05) is 32.7 Å². The summed E-state index contributed by atoms with van der Waals surface area (Å²) in [5.41, 5.74) is 3.62. The van der Waals surface area contributed by atoms with Gasteiger partial charge in [-0.15, -0.1) is 0 Å². The molecule has 0 unspecified atom stereocenters. The minimum absolute atomic E-state index is 0.589. The van der Waals surface area contributed by atoms with E-state index in [9.17, 15) is 0 Å². The minimum Gasteiger partial charge on any atom is -0.333 e. The molecule has 0 radical (unpaired) electrons. The van der Waals surface area contributed by atoms with Gasteiger partial charge in [0.15, 0.2) is 0 Å². The number of piperidine rings is 1. The van der Waals surface area contributed by atoms with Gasteiger partial charge >= 0.3 is 0 Å². The first-order valence-corrected chi connectivity index (χ1v) is 10.3. The summed E-state index contributed by atoms with van der Waals surface area (Å²) in [4.78, 5) is 12.3. The predicted molar refractivity (Wildman–Crippen MR) is 103 cm³/mol. The van der Waals surface area contributed by atoms with Crippen molar-refractivity contribution < 1.29 is 0 Å². The zero-order valence-electron chi connectivity index (χ0n) is 15.5. The second-order valence-corrected chi connectivity index (χ2v) is 8.14. The second kappa shape index (κ2) is 7.12. The first-order valence-electron chi connectivity index (χ1n) is 10.3. The van der Waals surface area contributed by atoms with Crippen molar-refractivity contribution >= 4 is 0 Å². The van der Waals surface area contributed by atoms with Gasteiger partial charge < -0.3 is 14.8 Å². The largest absolute Gasteiger partial charge is 0.333 e. The molecule has 138 valence electrons. The van der Waals surface area contributed by atoms with Crippen LogP contribution in [0.15, 0.2) is 24.5 Å². The first-order chi connectivity index (χ1) is 12.9. The van der Waals surface area contributed by atoms with Crippen LogP contribution in [0.2, 0.25) is 0 Å². The Balaban J connectivity index is 1.43. The van der Waals surface area contributed by atoms with Gasteiger partial charge in [0.1, 0.15) is 5.82 Å². The fourth-order valence-electron chi connectivity index (χ4n) is 4.22. The van der Waals surface area contributed by atoms with E-state index in [2.05, 4.69) is 38.1 Å². The average Bonchev–Trinajstić information content (AvgIpc) is 3.41. The second-order valence-electron chi connectivity index (χ2n) is 8.14. The molecule has 1 aliphatic carbocycles. The number of imidazole rings is 1. The van der Waals surface area contributed by atoms with Gasteiger partial charge in [-0.25, -0.2) is 4.98 Å². The Labute approximate surface area is 155 Å². The summed E-state index contributed by atoms with van der Waals surface area (Å²) in [5, 5.41) is 3.48. The molecule has 5 heteroatoms. The van der Waals surface area contributed by atoms with Crippen LogP contribution in [-0.2, 0) is 6.54 Å². The van der Waals surface area contributed by atoms with Crippen molar-refractivity contribution in [3.63, 3.8) is 0 Å². The normalized spacial score (nSPS) is 21.7. The molecular weight excluding hydrogens is 322 g/mol. The van der Waals surface area contributed by atoms with E-state index < -0.39 is 0 Å². The molecule has 3 aliphatic rings. The van der Waals surface area contributed by atoms with Crippen molar-refractivity contribution in [2.45, 2.75) is 50.5 Å². The standard InChI is InChI=1S/C21H29N5/c1-10-25(11-1)12-13-26-15-20(24-21(26)17-4-7-22-8-5-17)18-6-9-23-19(14-18)16-2-3-16/h6,9,14-17,22H,1-5,7-8,10-13H2. The molecule has 4 heterocycles. The summed E-state index contributed by atoms with van der Waals surface area (Å²) in [6, 6.07) is 4.40. The van der Waals surface area contributed by atoms with E-state index in [0.29, 0.717) is 11.8 Å². The number of likely N-dealkylation sites (tertiary alicyclic amines) is 1. The molecule has 3 fully saturated rings. The van der Waals surface area contributed by atoms with Crippen LogP contribution in [0, 0.1) is 0 Å². The molecular formula is C21H29N5. The Morgan fingerprint density at radius 1 is 1.04 bits per heavy atom. The monoisotopic (exact) mass is 351 g/mol. The van der Waals surface area contributed by atoms with E-state index in [1.807, 2.05) is 6.20 Å². The van der Waals surface area contributed by atoms with E-state index in [1.165, 1.54) is 62.3 Å². The van der Waals surface area contributed by atoms with Gasteiger partial charge in [0.2, 0.25) is 0 Å². The van der Waals surface area contributed by atoms with Gasteiger partial charge in [-0.05, 0) is 70.4 Å². The fourth-order valence-corrected chi connectivity index (χ4v) is 4.22. The van der Waals surface area contributed by atoms with Gasteiger partial charge in [-0.1, -0.05) is 0 Å². The van der Waals surface area contributed by atoms with E-state index in [0.717, 1.165) is 31.9 Å². The van der Waals surface area contributed by atoms with E-state index in [1.54, 1.807) is 0 Å². The molecule has 1 saturated carbocycles. The number of aromatic nitrogens is 3. The number of rotatable bonds is 6. The Kier molecular flexibility index (Phi) is 4.51. The molecule has 1 N–H and O–H groups in total. The highest BCUT2D eigenvalue weighted by Crippen LogP contribution is 2.40. The third-order valence-electron chi connectivity index (χ3n) is 6.19. The summed E-state index contributed by atoms with van der Waals surface area (Å²) < 4.78 is 2.45. The molecule has 5 rings (SSSR count). The lowest BCUT2D eigenvalue weighted by Gasteiger charge is -2.31. The maximum atomic E-state index is 5.14. The molecule has 0 atom stereocenters. The van der Waals surface area contributed by atoms with Crippen molar-refractivity contribution in [3.8, 4) is 11.3 Å². The van der Waals surface area contributed by atoms with Crippen LogP contribution in [0.5, 0.6) is 0 Å². The zero-order chi connectivity index (χ0) is 17.3. The molecule has 26 heavy (non-hydrogen) atoms.